The molecule has 0 aliphatic heterocycles. The molecule has 12 nitrogen and oxygen atoms in total. The largest absolute Gasteiger partial charge is 0.479 e. The van der Waals surface area contributed by atoms with E-state index in [9.17, 15) is 29.4 Å². The van der Waals surface area contributed by atoms with E-state index in [2.05, 4.69) is 0 Å². The topological polar surface area (TPSA) is 186 Å². The number of carboxylic acid groups (broad SMARTS) is 4. The van der Waals surface area contributed by atoms with Gasteiger partial charge in [-0.15, -0.1) is 0 Å². The fourth-order valence-electron chi connectivity index (χ4n) is 5.53. The molecule has 1 aliphatic rings. The Hall–Kier alpha value is -6.04. The van der Waals surface area contributed by atoms with E-state index >= 15 is 0 Å². The minimum absolute atomic E-state index is 0.0128. The summed E-state index contributed by atoms with van der Waals surface area (Å²) >= 11 is 0. The molecule has 0 radical (unpaired) electrons. The number of carbonyl (C=O) groups is 4. The van der Waals surface area contributed by atoms with E-state index in [4.69, 9.17) is 29.2 Å². The van der Waals surface area contributed by atoms with Gasteiger partial charge in [0.05, 0.1) is 5.41 Å². The summed E-state index contributed by atoms with van der Waals surface area (Å²) < 4.78 is 21.9. The number of rotatable bonds is 14. The molecule has 4 aromatic carbocycles. The second-order valence-corrected chi connectivity index (χ2v) is 9.89. The first-order valence-electron chi connectivity index (χ1n) is 13.5. The molecule has 0 atom stereocenters. The van der Waals surface area contributed by atoms with Crippen LogP contribution in [-0.2, 0) is 24.6 Å². The van der Waals surface area contributed by atoms with Crippen LogP contribution in [0, 0.1) is 0 Å². The van der Waals surface area contributed by atoms with Crippen molar-refractivity contribution in [3.8, 4) is 34.1 Å². The standard InChI is InChI=1S/C33H26O12/c34-29(35)15-42-25-11-9-19(13-27(25)44-17-31(38)39)33(23-7-3-1-5-21(23)22-6-2-4-8-24(22)33)20-10-12-26(43-16-30(36)37)28(14-20)45-18-32(40)41/h1-14H,15-18H2,(H,34,35)(H,36,37)(H,38,39)(H,40,41). The Bertz CT molecular complexity index is 1660. The zero-order chi connectivity index (χ0) is 32.1. The molecule has 0 bridgehead atoms. The Morgan fingerprint density at radius 1 is 0.467 bits per heavy atom. The van der Waals surface area contributed by atoms with Crippen LogP contribution in [0.15, 0.2) is 84.9 Å². The lowest BCUT2D eigenvalue weighted by Crippen LogP contribution is -2.29. The summed E-state index contributed by atoms with van der Waals surface area (Å²) in [6, 6.07) is 24.8. The molecule has 0 saturated carbocycles. The van der Waals surface area contributed by atoms with Crippen molar-refractivity contribution in [3.05, 3.63) is 107 Å². The van der Waals surface area contributed by atoms with Crippen molar-refractivity contribution in [2.24, 2.45) is 0 Å². The van der Waals surface area contributed by atoms with Crippen molar-refractivity contribution in [2.45, 2.75) is 5.41 Å². The number of hydrogen-bond donors (Lipinski definition) is 4. The van der Waals surface area contributed by atoms with Crippen molar-refractivity contribution in [1.82, 2.24) is 0 Å². The molecule has 0 amide bonds. The predicted molar refractivity (Wildman–Crippen MR) is 156 cm³/mol. The molecule has 1 aliphatic carbocycles. The summed E-state index contributed by atoms with van der Waals surface area (Å²) in [5.41, 5.74) is 3.44. The Kier molecular flexibility index (Phi) is 8.57. The van der Waals surface area contributed by atoms with Crippen molar-refractivity contribution in [2.75, 3.05) is 26.4 Å². The number of aliphatic carboxylic acids is 4. The molecule has 230 valence electrons. The van der Waals surface area contributed by atoms with Gasteiger partial charge in [-0.1, -0.05) is 60.7 Å². The van der Waals surface area contributed by atoms with Gasteiger partial charge in [0.25, 0.3) is 0 Å². The van der Waals surface area contributed by atoms with Crippen LogP contribution < -0.4 is 18.9 Å². The molecular weight excluding hydrogens is 588 g/mol. The maximum Gasteiger partial charge on any atom is 0.341 e. The van der Waals surface area contributed by atoms with E-state index in [0.29, 0.717) is 11.1 Å². The van der Waals surface area contributed by atoms with Crippen molar-refractivity contribution < 1.29 is 58.6 Å². The van der Waals surface area contributed by atoms with E-state index in [1.54, 1.807) is 24.3 Å². The number of fused-ring (bicyclic) bond motifs is 3. The second-order valence-electron chi connectivity index (χ2n) is 9.89. The lowest BCUT2D eigenvalue weighted by molar-refractivity contribution is -0.140. The molecule has 4 N–H and O–H groups in total. The van der Waals surface area contributed by atoms with Gasteiger partial charge in [-0.05, 0) is 57.6 Å². The highest BCUT2D eigenvalue weighted by Gasteiger charge is 2.46. The Balaban J connectivity index is 1.79. The zero-order valence-electron chi connectivity index (χ0n) is 23.5. The van der Waals surface area contributed by atoms with Gasteiger partial charge in [0, 0.05) is 0 Å². The van der Waals surface area contributed by atoms with Crippen LogP contribution in [0.2, 0.25) is 0 Å². The molecule has 0 fully saturated rings. The molecule has 5 rings (SSSR count). The van der Waals surface area contributed by atoms with Gasteiger partial charge in [0.2, 0.25) is 0 Å². The zero-order valence-corrected chi connectivity index (χ0v) is 23.5. The summed E-state index contributed by atoms with van der Waals surface area (Å²) in [7, 11) is 0. The lowest BCUT2D eigenvalue weighted by Gasteiger charge is -2.34. The Labute approximate surface area is 255 Å². The summed E-state index contributed by atoms with van der Waals surface area (Å²) in [5, 5.41) is 37.0. The van der Waals surface area contributed by atoms with Gasteiger partial charge in [-0.25, -0.2) is 19.2 Å². The molecule has 4 aromatic rings. The molecule has 0 unspecified atom stereocenters. The molecule has 45 heavy (non-hydrogen) atoms. The fraction of sp³-hybridized carbons (Fsp3) is 0.152. The third-order valence-electron chi connectivity index (χ3n) is 7.11. The normalized spacial score (nSPS) is 12.4. The van der Waals surface area contributed by atoms with Crippen molar-refractivity contribution in [3.63, 3.8) is 0 Å². The summed E-state index contributed by atoms with van der Waals surface area (Å²) in [5.74, 6) is -4.99. The maximum absolute atomic E-state index is 11.4. The van der Waals surface area contributed by atoms with Crippen LogP contribution in [-0.4, -0.2) is 70.7 Å². The quantitative estimate of drug-likeness (QED) is 0.142. The minimum atomic E-state index is -1.26. The molecule has 12 heteroatoms. The lowest BCUT2D eigenvalue weighted by atomic mass is 9.67. The average Bonchev–Trinajstić information content (AvgIpc) is 3.32. The molecule has 0 heterocycles. The number of carboxylic acids is 4. The fourth-order valence-corrected chi connectivity index (χ4v) is 5.53. The summed E-state index contributed by atoms with van der Waals surface area (Å²) in [6.07, 6.45) is 0. The number of benzene rings is 4. The smallest absolute Gasteiger partial charge is 0.341 e. The average molecular weight is 615 g/mol. The summed E-state index contributed by atoms with van der Waals surface area (Å²) in [4.78, 5) is 45.3. The van der Waals surface area contributed by atoms with Crippen LogP contribution in [0.1, 0.15) is 22.3 Å². The molecular formula is C33H26O12. The molecule has 0 saturated heterocycles. The van der Waals surface area contributed by atoms with E-state index in [0.717, 1.165) is 22.3 Å². The van der Waals surface area contributed by atoms with Crippen LogP contribution in [0.3, 0.4) is 0 Å². The second kappa shape index (κ2) is 12.7. The van der Waals surface area contributed by atoms with Gasteiger partial charge >= 0.3 is 23.9 Å². The van der Waals surface area contributed by atoms with Crippen molar-refractivity contribution in [1.29, 1.82) is 0 Å². The number of ether oxygens (including phenoxy) is 4. The predicted octanol–water partition coefficient (Wildman–Crippen LogP) is 3.90. The first kappa shape index (κ1) is 30.4. The van der Waals surface area contributed by atoms with Gasteiger partial charge in [0.1, 0.15) is 0 Å². The van der Waals surface area contributed by atoms with E-state index in [1.165, 1.54) is 12.1 Å². The van der Waals surface area contributed by atoms with E-state index in [1.807, 2.05) is 48.5 Å². The summed E-state index contributed by atoms with van der Waals surface area (Å²) in [6.45, 7) is -2.84. The third-order valence-corrected chi connectivity index (χ3v) is 7.11. The van der Waals surface area contributed by atoms with Gasteiger partial charge in [-0.2, -0.15) is 0 Å². The monoisotopic (exact) mass is 614 g/mol. The highest BCUT2D eigenvalue weighted by Crippen LogP contribution is 2.57. The highest BCUT2D eigenvalue weighted by molar-refractivity contribution is 5.86. The molecule has 0 aromatic heterocycles. The highest BCUT2D eigenvalue weighted by atomic mass is 16.5. The Morgan fingerprint density at radius 2 is 0.800 bits per heavy atom. The van der Waals surface area contributed by atoms with E-state index in [-0.39, 0.29) is 23.0 Å². The van der Waals surface area contributed by atoms with Crippen LogP contribution in [0.25, 0.3) is 11.1 Å². The third kappa shape index (κ3) is 6.07. The van der Waals surface area contributed by atoms with Crippen molar-refractivity contribution >= 4 is 23.9 Å². The molecule has 0 spiro atoms. The van der Waals surface area contributed by atoms with Crippen LogP contribution in [0.5, 0.6) is 23.0 Å². The van der Waals surface area contributed by atoms with Gasteiger partial charge in [-0.3, -0.25) is 0 Å². The van der Waals surface area contributed by atoms with Crippen LogP contribution >= 0.6 is 0 Å². The SMILES string of the molecule is O=C(O)COc1ccc(C2(c3ccc(OCC(=O)O)c(OCC(=O)O)c3)c3ccccc3-c3ccccc32)cc1OCC(=O)O. The Morgan fingerprint density at radius 3 is 1.16 bits per heavy atom. The number of hydrogen-bond acceptors (Lipinski definition) is 8. The first-order valence-corrected chi connectivity index (χ1v) is 13.5. The van der Waals surface area contributed by atoms with Gasteiger partial charge in [0.15, 0.2) is 49.4 Å². The first-order chi connectivity index (χ1) is 21.6. The maximum atomic E-state index is 11.4. The van der Waals surface area contributed by atoms with E-state index < -0.39 is 55.7 Å². The minimum Gasteiger partial charge on any atom is -0.479 e. The van der Waals surface area contributed by atoms with Crippen LogP contribution in [0.4, 0.5) is 0 Å². The van der Waals surface area contributed by atoms with Gasteiger partial charge < -0.3 is 39.4 Å².